The predicted octanol–water partition coefficient (Wildman–Crippen LogP) is 1.53. The van der Waals surface area contributed by atoms with Gasteiger partial charge in [-0.15, -0.1) is 0 Å². The fourth-order valence-corrected chi connectivity index (χ4v) is 2.79. The molecule has 0 unspecified atom stereocenters. The number of nitrogens with one attached hydrogen (secondary N) is 1. The van der Waals surface area contributed by atoms with Crippen molar-refractivity contribution in [2.45, 2.75) is 19.9 Å². The third-order valence-electron chi connectivity index (χ3n) is 3.20. The van der Waals surface area contributed by atoms with E-state index in [0.717, 1.165) is 17.3 Å². The Bertz CT molecular complexity index is 598. The number of aliphatic imine (C=N–C) groups is 1. The highest BCUT2D eigenvalue weighted by Gasteiger charge is 2.07. The lowest BCUT2D eigenvalue weighted by atomic mass is 10.2. The summed E-state index contributed by atoms with van der Waals surface area (Å²) < 4.78 is 27.7. The SMILES string of the molecule is CCOc1ccc(CN(C)C(=NC)NCCCS(C)(=O)=O)cc1. The molecule has 1 N–H and O–H groups in total. The molecule has 130 valence electrons. The van der Waals surface area contributed by atoms with Gasteiger partial charge in [0.15, 0.2) is 5.96 Å². The normalized spacial score (nSPS) is 12.1. The Morgan fingerprint density at radius 3 is 2.48 bits per heavy atom. The molecule has 0 aliphatic rings. The zero-order valence-electron chi connectivity index (χ0n) is 14.4. The minimum atomic E-state index is -2.91. The number of ether oxygens (including phenoxy) is 1. The van der Waals surface area contributed by atoms with Gasteiger partial charge in [0, 0.05) is 33.4 Å². The molecule has 0 spiro atoms. The molecule has 0 bridgehead atoms. The van der Waals surface area contributed by atoms with Crippen LogP contribution in [0.3, 0.4) is 0 Å². The molecule has 1 aromatic rings. The summed E-state index contributed by atoms with van der Waals surface area (Å²) >= 11 is 0. The second kappa shape index (κ2) is 9.39. The second-order valence-corrected chi connectivity index (χ2v) is 7.65. The van der Waals surface area contributed by atoms with Crippen molar-refractivity contribution < 1.29 is 13.2 Å². The minimum absolute atomic E-state index is 0.180. The maximum absolute atomic E-state index is 11.1. The topological polar surface area (TPSA) is 71.0 Å². The molecule has 7 heteroatoms. The standard InChI is InChI=1S/C16H27N3O3S/c1-5-22-15-9-7-14(8-10-15)13-19(3)16(17-2)18-11-6-12-23(4,20)21/h7-10H,5-6,11-13H2,1-4H3,(H,17,18). The first-order valence-electron chi connectivity index (χ1n) is 7.67. The smallest absolute Gasteiger partial charge is 0.193 e. The van der Waals surface area contributed by atoms with E-state index in [1.165, 1.54) is 6.26 Å². The van der Waals surface area contributed by atoms with Crippen molar-refractivity contribution >= 4 is 15.8 Å². The molecule has 0 aromatic heterocycles. The summed E-state index contributed by atoms with van der Waals surface area (Å²) in [6.45, 7) is 3.90. The highest BCUT2D eigenvalue weighted by molar-refractivity contribution is 7.90. The van der Waals surface area contributed by atoms with Gasteiger partial charge in [-0.25, -0.2) is 8.42 Å². The van der Waals surface area contributed by atoms with Gasteiger partial charge in [0.1, 0.15) is 15.6 Å². The first kappa shape index (κ1) is 19.3. The lowest BCUT2D eigenvalue weighted by Crippen LogP contribution is -2.39. The third-order valence-corrected chi connectivity index (χ3v) is 4.23. The number of guanidine groups is 1. The van der Waals surface area contributed by atoms with Gasteiger partial charge in [0.05, 0.1) is 12.4 Å². The third kappa shape index (κ3) is 7.88. The van der Waals surface area contributed by atoms with Crippen LogP contribution in [0, 0.1) is 0 Å². The summed E-state index contributed by atoms with van der Waals surface area (Å²) in [5.74, 6) is 1.79. The van der Waals surface area contributed by atoms with Gasteiger partial charge >= 0.3 is 0 Å². The molecule has 1 rings (SSSR count). The number of hydrogen-bond donors (Lipinski definition) is 1. The van der Waals surface area contributed by atoms with Gasteiger partial charge in [-0.2, -0.15) is 0 Å². The van der Waals surface area contributed by atoms with Crippen molar-refractivity contribution in [2.24, 2.45) is 4.99 Å². The number of rotatable bonds is 8. The number of benzene rings is 1. The lowest BCUT2D eigenvalue weighted by molar-refractivity contribution is 0.340. The zero-order chi connectivity index (χ0) is 17.3. The summed E-state index contributed by atoms with van der Waals surface area (Å²) in [7, 11) is 0.751. The van der Waals surface area contributed by atoms with E-state index < -0.39 is 9.84 Å². The fourth-order valence-electron chi connectivity index (χ4n) is 2.13. The molecule has 23 heavy (non-hydrogen) atoms. The molecule has 0 amide bonds. The average Bonchev–Trinajstić information content (AvgIpc) is 2.48. The van der Waals surface area contributed by atoms with Crippen LogP contribution < -0.4 is 10.1 Å². The number of nitrogens with zero attached hydrogens (tertiary/aromatic N) is 2. The molecular weight excluding hydrogens is 314 g/mol. The molecule has 0 fully saturated rings. The van der Waals surface area contributed by atoms with Crippen LogP contribution in [0.1, 0.15) is 18.9 Å². The van der Waals surface area contributed by atoms with Crippen LogP contribution in [-0.2, 0) is 16.4 Å². The van der Waals surface area contributed by atoms with Crippen molar-refractivity contribution in [1.82, 2.24) is 10.2 Å². The molecule has 0 saturated heterocycles. The monoisotopic (exact) mass is 341 g/mol. The van der Waals surface area contributed by atoms with Crippen LogP contribution >= 0.6 is 0 Å². The van der Waals surface area contributed by atoms with Gasteiger partial charge < -0.3 is 15.0 Å². The number of hydrogen-bond acceptors (Lipinski definition) is 4. The summed E-state index contributed by atoms with van der Waals surface area (Å²) in [6, 6.07) is 7.96. The molecule has 1 aromatic carbocycles. The van der Waals surface area contributed by atoms with E-state index >= 15 is 0 Å². The first-order valence-corrected chi connectivity index (χ1v) is 9.73. The fraction of sp³-hybridized carbons (Fsp3) is 0.562. The van der Waals surface area contributed by atoms with Gasteiger partial charge in [0.25, 0.3) is 0 Å². The molecule has 0 aliphatic heterocycles. The molecule has 0 radical (unpaired) electrons. The Balaban J connectivity index is 2.48. The highest BCUT2D eigenvalue weighted by Crippen LogP contribution is 2.13. The van der Waals surface area contributed by atoms with Crippen molar-refractivity contribution in [3.05, 3.63) is 29.8 Å². The zero-order valence-corrected chi connectivity index (χ0v) is 15.2. The summed E-state index contributed by atoms with van der Waals surface area (Å²) in [4.78, 5) is 6.22. The first-order chi connectivity index (χ1) is 10.9. The Hall–Kier alpha value is -1.76. The number of sulfone groups is 1. The van der Waals surface area contributed by atoms with Crippen LogP contribution in [0.2, 0.25) is 0 Å². The van der Waals surface area contributed by atoms with Crippen LogP contribution in [0.15, 0.2) is 29.3 Å². The van der Waals surface area contributed by atoms with Gasteiger partial charge in [-0.1, -0.05) is 12.1 Å². The summed E-state index contributed by atoms with van der Waals surface area (Å²) in [6.07, 6.45) is 1.81. The van der Waals surface area contributed by atoms with Crippen LogP contribution in [0.25, 0.3) is 0 Å². The van der Waals surface area contributed by atoms with E-state index in [2.05, 4.69) is 10.3 Å². The summed E-state index contributed by atoms with van der Waals surface area (Å²) in [5.41, 5.74) is 1.15. The summed E-state index contributed by atoms with van der Waals surface area (Å²) in [5, 5.41) is 3.18. The molecule has 0 saturated carbocycles. The maximum Gasteiger partial charge on any atom is 0.193 e. The van der Waals surface area contributed by atoms with E-state index in [1.54, 1.807) is 7.05 Å². The molecule has 0 atom stereocenters. The molecular formula is C16H27N3O3S. The van der Waals surface area contributed by atoms with Crippen LogP contribution in [0.5, 0.6) is 5.75 Å². The highest BCUT2D eigenvalue weighted by atomic mass is 32.2. The lowest BCUT2D eigenvalue weighted by Gasteiger charge is -2.22. The minimum Gasteiger partial charge on any atom is -0.494 e. The van der Waals surface area contributed by atoms with E-state index in [0.29, 0.717) is 26.1 Å². The Kier molecular flexibility index (Phi) is 7.88. The van der Waals surface area contributed by atoms with Crippen molar-refractivity contribution in [3.63, 3.8) is 0 Å². The van der Waals surface area contributed by atoms with E-state index in [4.69, 9.17) is 4.74 Å². The van der Waals surface area contributed by atoms with E-state index in [1.807, 2.05) is 43.1 Å². The van der Waals surface area contributed by atoms with E-state index in [-0.39, 0.29) is 5.75 Å². The van der Waals surface area contributed by atoms with Crippen molar-refractivity contribution in [3.8, 4) is 5.75 Å². The average molecular weight is 341 g/mol. The van der Waals surface area contributed by atoms with Gasteiger partial charge in [0.2, 0.25) is 0 Å². The van der Waals surface area contributed by atoms with E-state index in [9.17, 15) is 8.42 Å². The Labute approximate surface area is 139 Å². The van der Waals surface area contributed by atoms with Crippen molar-refractivity contribution in [2.75, 3.05) is 39.3 Å². The van der Waals surface area contributed by atoms with Crippen LogP contribution in [-0.4, -0.2) is 58.5 Å². The van der Waals surface area contributed by atoms with Gasteiger partial charge in [-0.05, 0) is 31.0 Å². The molecule has 0 heterocycles. The Morgan fingerprint density at radius 2 is 1.96 bits per heavy atom. The van der Waals surface area contributed by atoms with Crippen LogP contribution in [0.4, 0.5) is 0 Å². The molecule has 0 aliphatic carbocycles. The largest absolute Gasteiger partial charge is 0.494 e. The predicted molar refractivity (Wildman–Crippen MR) is 94.8 cm³/mol. The van der Waals surface area contributed by atoms with Crippen molar-refractivity contribution in [1.29, 1.82) is 0 Å². The maximum atomic E-state index is 11.1. The van der Waals surface area contributed by atoms with Gasteiger partial charge in [-0.3, -0.25) is 4.99 Å². The Morgan fingerprint density at radius 1 is 1.30 bits per heavy atom. The molecule has 6 nitrogen and oxygen atoms in total. The quantitative estimate of drug-likeness (QED) is 0.441. The second-order valence-electron chi connectivity index (χ2n) is 5.39.